The molecule has 234 valence electrons. The highest BCUT2D eigenvalue weighted by molar-refractivity contribution is 6.33. The van der Waals surface area contributed by atoms with Crippen LogP contribution < -0.4 is 11.1 Å². The van der Waals surface area contributed by atoms with Crippen molar-refractivity contribution in [2.45, 2.75) is 63.6 Å². The van der Waals surface area contributed by atoms with Crippen LogP contribution in [0, 0.1) is 11.3 Å². The highest BCUT2D eigenvalue weighted by Gasteiger charge is 2.54. The van der Waals surface area contributed by atoms with Gasteiger partial charge in [0.05, 0.1) is 28.9 Å². The minimum atomic E-state index is -1.05. The molecular formula is C33H37ClN8O3. The van der Waals surface area contributed by atoms with E-state index in [0.29, 0.717) is 22.8 Å². The van der Waals surface area contributed by atoms with Crippen LogP contribution in [0.15, 0.2) is 72.4 Å². The number of carbonyl (C=O) groups excluding carboxylic acids is 1. The first kappa shape index (κ1) is 30.7. The summed E-state index contributed by atoms with van der Waals surface area (Å²) in [6.07, 6.45) is 7.24. The molecule has 1 saturated carbocycles. The number of amides is 1. The summed E-state index contributed by atoms with van der Waals surface area (Å²) in [5.41, 5.74) is 9.36. The van der Waals surface area contributed by atoms with Crippen molar-refractivity contribution in [3.8, 4) is 22.6 Å². The van der Waals surface area contributed by atoms with E-state index in [-0.39, 0.29) is 23.9 Å². The Morgan fingerprint density at radius 2 is 1.96 bits per heavy atom. The van der Waals surface area contributed by atoms with Gasteiger partial charge in [0.15, 0.2) is 5.82 Å². The second-order valence-electron chi connectivity index (χ2n) is 13.0. The molecule has 0 spiro atoms. The summed E-state index contributed by atoms with van der Waals surface area (Å²) in [7, 11) is 0. The van der Waals surface area contributed by atoms with Crippen molar-refractivity contribution in [2.24, 2.45) is 22.1 Å². The summed E-state index contributed by atoms with van der Waals surface area (Å²) in [6, 6.07) is 13.5. The summed E-state index contributed by atoms with van der Waals surface area (Å²) in [4.78, 5) is 30.6. The van der Waals surface area contributed by atoms with Crippen LogP contribution in [0.25, 0.3) is 22.6 Å². The zero-order chi connectivity index (χ0) is 31.8. The van der Waals surface area contributed by atoms with E-state index in [1.807, 2.05) is 36.4 Å². The number of aliphatic imine (C=N–C) groups is 1. The van der Waals surface area contributed by atoms with Gasteiger partial charge in [-0.05, 0) is 47.9 Å². The van der Waals surface area contributed by atoms with Gasteiger partial charge in [0.2, 0.25) is 0 Å². The number of alkyl carbamates (subject to hydrolysis) is 1. The lowest BCUT2D eigenvalue weighted by Gasteiger charge is -2.39. The number of nitrogens with zero attached hydrogens (tertiary/aromatic N) is 5. The lowest BCUT2D eigenvalue weighted by Crippen LogP contribution is -2.45. The van der Waals surface area contributed by atoms with Gasteiger partial charge in [-0.1, -0.05) is 62.7 Å². The van der Waals surface area contributed by atoms with Crippen LogP contribution >= 0.6 is 11.6 Å². The minimum Gasteiger partial charge on any atom is -0.449 e. The molecule has 6 rings (SSSR count). The molecule has 1 unspecified atom stereocenters. The van der Waals surface area contributed by atoms with Gasteiger partial charge in [-0.15, -0.1) is 0 Å². The van der Waals surface area contributed by atoms with E-state index < -0.39 is 29.6 Å². The molecule has 1 fully saturated rings. The number of aromatic nitrogens is 5. The quantitative estimate of drug-likeness (QED) is 0.196. The fraction of sp³-hybridized carbons (Fsp3) is 0.394. The van der Waals surface area contributed by atoms with Crippen LogP contribution in [0.1, 0.15) is 57.1 Å². The molecular weight excluding hydrogens is 592 g/mol. The number of halogens is 1. The number of aliphatic hydroxyl groups is 1. The van der Waals surface area contributed by atoms with Crippen molar-refractivity contribution < 1.29 is 14.6 Å². The standard InChI is InChI=1S/C33H37ClN8O3/c1-32(2,3)17-33(21-7-4-19(5-8-21)26-15-36-12-13-37-26)28(43)27(29(35)41-33)24(16-45-31(44)40-22-9-10-22)20-6-11-25(34)23(14-20)30-38-18-39-42-30/h4-8,11-15,18,22,24,27-28,43H,9-10,16-17H2,1-3H3,(H2,35,41)(H,40,44)(H,38,39,42)/t24-,27?,28-,33-/m1/s1. The van der Waals surface area contributed by atoms with E-state index in [0.717, 1.165) is 35.2 Å². The zero-order valence-electron chi connectivity index (χ0n) is 25.4. The number of carbonyl (C=O) groups is 1. The minimum absolute atomic E-state index is 0.0365. The van der Waals surface area contributed by atoms with Gasteiger partial charge in [-0.3, -0.25) is 20.1 Å². The number of aromatic amines is 1. The maximum absolute atomic E-state index is 12.7. The average molecular weight is 629 g/mol. The van der Waals surface area contributed by atoms with Gasteiger partial charge in [-0.25, -0.2) is 9.78 Å². The third-order valence-corrected chi connectivity index (χ3v) is 8.69. The molecule has 45 heavy (non-hydrogen) atoms. The molecule has 2 aromatic carbocycles. The summed E-state index contributed by atoms with van der Waals surface area (Å²) in [5.74, 6) is -0.443. The number of rotatable bonds is 9. The van der Waals surface area contributed by atoms with E-state index in [4.69, 9.17) is 27.1 Å². The first-order valence-electron chi connectivity index (χ1n) is 15.0. The largest absolute Gasteiger partial charge is 0.449 e. The number of nitrogens with one attached hydrogen (secondary N) is 2. The number of benzene rings is 2. The molecule has 1 aliphatic carbocycles. The Bertz CT molecular complexity index is 1670. The lowest BCUT2D eigenvalue weighted by molar-refractivity contribution is 0.0289. The van der Waals surface area contributed by atoms with Crippen LogP contribution in [-0.2, 0) is 10.3 Å². The van der Waals surface area contributed by atoms with Crippen LogP contribution in [-0.4, -0.2) is 60.9 Å². The van der Waals surface area contributed by atoms with Crippen molar-refractivity contribution in [1.82, 2.24) is 30.5 Å². The van der Waals surface area contributed by atoms with Crippen molar-refractivity contribution >= 4 is 23.5 Å². The van der Waals surface area contributed by atoms with Gasteiger partial charge in [0.1, 0.15) is 24.3 Å². The Kier molecular flexibility index (Phi) is 8.32. The highest BCUT2D eigenvalue weighted by atomic mass is 35.5. The first-order chi connectivity index (χ1) is 21.5. The Labute approximate surface area is 266 Å². The molecule has 0 bridgehead atoms. The van der Waals surface area contributed by atoms with E-state index in [1.165, 1.54) is 6.33 Å². The smallest absolute Gasteiger partial charge is 0.407 e. The van der Waals surface area contributed by atoms with Crippen LogP contribution in [0.4, 0.5) is 4.79 Å². The molecule has 1 amide bonds. The van der Waals surface area contributed by atoms with E-state index in [9.17, 15) is 9.90 Å². The molecule has 4 aromatic rings. The van der Waals surface area contributed by atoms with E-state index >= 15 is 0 Å². The first-order valence-corrected chi connectivity index (χ1v) is 15.4. The third kappa shape index (κ3) is 6.55. The van der Waals surface area contributed by atoms with E-state index in [2.05, 4.69) is 51.2 Å². The third-order valence-electron chi connectivity index (χ3n) is 8.36. The molecule has 2 aromatic heterocycles. The SMILES string of the molecule is CC(C)(C)C[C@]1(c2ccc(-c3cnccn3)cc2)N=C(N)C([C@H](COC(=O)NC2CC2)c2ccc(Cl)c(-c3ncn[nH]3)c2)[C@H]1O. The number of amidine groups is 1. The Hall–Kier alpha value is -4.35. The predicted molar refractivity (Wildman–Crippen MR) is 171 cm³/mol. The Morgan fingerprint density at radius 3 is 2.60 bits per heavy atom. The number of hydrogen-bond acceptors (Lipinski definition) is 9. The monoisotopic (exact) mass is 628 g/mol. The van der Waals surface area contributed by atoms with Crippen molar-refractivity contribution in [3.05, 3.63) is 83.5 Å². The molecule has 3 heterocycles. The number of aliphatic hydroxyl groups excluding tert-OH is 1. The van der Waals surface area contributed by atoms with Crippen molar-refractivity contribution in [2.75, 3.05) is 6.61 Å². The maximum atomic E-state index is 12.7. The second kappa shape index (κ2) is 12.2. The predicted octanol–water partition coefficient (Wildman–Crippen LogP) is 5.23. The van der Waals surface area contributed by atoms with Gasteiger partial charge in [-0.2, -0.15) is 5.10 Å². The zero-order valence-corrected chi connectivity index (χ0v) is 26.2. The van der Waals surface area contributed by atoms with Crippen molar-refractivity contribution in [1.29, 1.82) is 0 Å². The van der Waals surface area contributed by atoms with E-state index in [1.54, 1.807) is 24.7 Å². The Morgan fingerprint density at radius 1 is 1.18 bits per heavy atom. The number of H-pyrrole nitrogens is 1. The summed E-state index contributed by atoms with van der Waals surface area (Å²) in [6.45, 7) is 6.30. The van der Waals surface area contributed by atoms with Gasteiger partial charge in [0.25, 0.3) is 0 Å². The summed E-state index contributed by atoms with van der Waals surface area (Å²) in [5, 5.41) is 22.6. The average Bonchev–Trinajstić information content (AvgIpc) is 3.58. The second-order valence-corrected chi connectivity index (χ2v) is 13.4. The van der Waals surface area contributed by atoms with Gasteiger partial charge >= 0.3 is 6.09 Å². The maximum Gasteiger partial charge on any atom is 0.407 e. The number of ether oxygens (including phenoxy) is 1. The topological polar surface area (TPSA) is 164 Å². The molecule has 5 N–H and O–H groups in total. The molecule has 1 aliphatic heterocycles. The number of hydrogen-bond donors (Lipinski definition) is 4. The fourth-order valence-corrected chi connectivity index (χ4v) is 6.43. The Balaban J connectivity index is 1.39. The van der Waals surface area contributed by atoms with Gasteiger partial charge in [0, 0.05) is 35.5 Å². The molecule has 11 nitrogen and oxygen atoms in total. The normalized spacial score (nSPS) is 22.1. The number of nitrogens with two attached hydrogens (primary N) is 1. The van der Waals surface area contributed by atoms with Gasteiger partial charge < -0.3 is 20.9 Å². The fourth-order valence-electron chi connectivity index (χ4n) is 6.22. The van der Waals surface area contributed by atoms with Crippen LogP contribution in [0.2, 0.25) is 5.02 Å². The van der Waals surface area contributed by atoms with Crippen molar-refractivity contribution in [3.63, 3.8) is 0 Å². The summed E-state index contributed by atoms with van der Waals surface area (Å²) >= 11 is 6.57. The highest BCUT2D eigenvalue weighted by Crippen LogP contribution is 2.50. The van der Waals surface area contributed by atoms with Crippen LogP contribution in [0.3, 0.4) is 0 Å². The van der Waals surface area contributed by atoms with Crippen LogP contribution in [0.5, 0.6) is 0 Å². The molecule has 2 aliphatic rings. The molecule has 0 radical (unpaired) electrons. The molecule has 12 heteroatoms. The summed E-state index contributed by atoms with van der Waals surface area (Å²) < 4.78 is 5.77. The molecule has 4 atom stereocenters. The molecule has 0 saturated heterocycles. The lowest BCUT2D eigenvalue weighted by atomic mass is 9.69.